The molecule has 1 unspecified atom stereocenters. The van der Waals surface area contributed by atoms with Crippen LogP contribution in [0, 0.1) is 5.82 Å². The van der Waals surface area contributed by atoms with Crippen molar-refractivity contribution < 1.29 is 13.9 Å². The number of aromatic nitrogens is 4. The molecule has 0 radical (unpaired) electrons. The van der Waals surface area contributed by atoms with Crippen LogP contribution in [0.15, 0.2) is 67.6 Å². The number of benzene rings is 1. The van der Waals surface area contributed by atoms with Crippen LogP contribution in [0.25, 0.3) is 22.2 Å². The summed E-state index contributed by atoms with van der Waals surface area (Å²) in [5.41, 5.74) is 2.90. The molecule has 5 rings (SSSR count). The number of rotatable bonds is 6. The molecule has 1 aliphatic heterocycles. The number of carbonyl (C=O) groups excluding carboxylic acids is 1. The zero-order valence-corrected chi connectivity index (χ0v) is 18.7. The summed E-state index contributed by atoms with van der Waals surface area (Å²) in [6.07, 6.45) is 5.86. The summed E-state index contributed by atoms with van der Waals surface area (Å²) >= 11 is 0. The topological polar surface area (TPSA) is 114 Å². The molecule has 0 saturated carbocycles. The van der Waals surface area contributed by atoms with Crippen LogP contribution < -0.4 is 16.0 Å². The van der Waals surface area contributed by atoms with Crippen molar-refractivity contribution in [1.82, 2.24) is 25.3 Å². The van der Waals surface area contributed by atoms with Crippen molar-refractivity contribution in [3.05, 3.63) is 79.2 Å². The third-order valence-electron chi connectivity index (χ3n) is 5.47. The Kier molecular flexibility index (Phi) is 6.38. The number of halogens is 1. The molecule has 3 N–H and O–H groups in total. The van der Waals surface area contributed by atoms with Gasteiger partial charge in [-0.3, -0.25) is 14.8 Å². The number of morpholine rings is 1. The maximum absolute atomic E-state index is 15.0. The number of carbonyl (C=O) groups is 1. The first-order chi connectivity index (χ1) is 17.1. The van der Waals surface area contributed by atoms with E-state index in [1.54, 1.807) is 30.6 Å². The van der Waals surface area contributed by atoms with E-state index < -0.39 is 5.82 Å². The van der Waals surface area contributed by atoms with Gasteiger partial charge in [0.15, 0.2) is 0 Å². The van der Waals surface area contributed by atoms with Gasteiger partial charge in [0.05, 0.1) is 41.0 Å². The highest BCUT2D eigenvalue weighted by Crippen LogP contribution is 2.31. The normalized spacial score (nSPS) is 15.5. The minimum absolute atomic E-state index is 0.0835. The van der Waals surface area contributed by atoms with Crippen molar-refractivity contribution >= 4 is 34.1 Å². The van der Waals surface area contributed by atoms with Crippen molar-refractivity contribution in [3.8, 4) is 11.3 Å². The summed E-state index contributed by atoms with van der Waals surface area (Å²) < 4.78 is 20.7. The fraction of sp³-hybridized carbons (Fsp3) is 0.160. The fourth-order valence-electron chi connectivity index (χ4n) is 3.77. The lowest BCUT2D eigenvalue weighted by Crippen LogP contribution is -2.33. The minimum Gasteiger partial charge on any atom is -0.369 e. The number of fused-ring (bicyclic) bond motifs is 1. The van der Waals surface area contributed by atoms with Crippen LogP contribution in [0.3, 0.4) is 0 Å². The number of pyridine rings is 2. The molecule has 1 saturated heterocycles. The molecule has 10 heteroatoms. The second-order valence-corrected chi connectivity index (χ2v) is 7.84. The Morgan fingerprint density at radius 3 is 2.83 bits per heavy atom. The standard InChI is InChI=1S/C25H22FN7O2/c1-2-22(34)31-16-7-8-28-20(11-16)23-18(26)5-3-15-12-30-25(33-24(15)23)32-17-4-6-19(29-13-17)21-14-27-9-10-35-21/h2-8,11-13,21,27H,1,9-10,14H2,(H,28,31,34)(H,30,32,33). The van der Waals surface area contributed by atoms with E-state index in [1.165, 1.54) is 12.3 Å². The predicted octanol–water partition coefficient (Wildman–Crippen LogP) is 3.75. The summed E-state index contributed by atoms with van der Waals surface area (Å²) in [5, 5.41) is 9.70. The minimum atomic E-state index is -0.492. The first-order valence-electron chi connectivity index (χ1n) is 11.0. The molecule has 35 heavy (non-hydrogen) atoms. The molecular weight excluding hydrogens is 449 g/mol. The van der Waals surface area contributed by atoms with E-state index in [0.717, 1.165) is 18.3 Å². The number of anilines is 3. The van der Waals surface area contributed by atoms with E-state index in [4.69, 9.17) is 4.74 Å². The molecular formula is C25H22FN7O2. The lowest BCUT2D eigenvalue weighted by atomic mass is 10.1. The summed E-state index contributed by atoms with van der Waals surface area (Å²) in [6, 6.07) is 9.90. The van der Waals surface area contributed by atoms with Gasteiger partial charge in [-0.2, -0.15) is 0 Å². The molecule has 0 bridgehead atoms. The Bertz CT molecular complexity index is 1390. The van der Waals surface area contributed by atoms with Crippen molar-refractivity contribution in [1.29, 1.82) is 0 Å². The zero-order valence-electron chi connectivity index (χ0n) is 18.7. The lowest BCUT2D eigenvalue weighted by molar-refractivity contribution is -0.111. The predicted molar refractivity (Wildman–Crippen MR) is 131 cm³/mol. The molecule has 1 aromatic carbocycles. The van der Waals surface area contributed by atoms with Gasteiger partial charge in [0.25, 0.3) is 0 Å². The molecule has 4 aromatic rings. The molecule has 1 atom stereocenters. The fourth-order valence-corrected chi connectivity index (χ4v) is 3.77. The first-order valence-corrected chi connectivity index (χ1v) is 11.0. The van der Waals surface area contributed by atoms with Gasteiger partial charge in [-0.25, -0.2) is 14.4 Å². The number of ether oxygens (including phenoxy) is 1. The number of amides is 1. The maximum Gasteiger partial charge on any atom is 0.247 e. The summed E-state index contributed by atoms with van der Waals surface area (Å²) in [4.78, 5) is 29.4. The molecule has 1 amide bonds. The van der Waals surface area contributed by atoms with Gasteiger partial charge in [0.1, 0.15) is 11.9 Å². The Balaban J connectivity index is 1.45. The number of hydrogen-bond donors (Lipinski definition) is 3. The highest BCUT2D eigenvalue weighted by atomic mass is 19.1. The van der Waals surface area contributed by atoms with Gasteiger partial charge in [0.2, 0.25) is 11.9 Å². The smallest absolute Gasteiger partial charge is 0.247 e. The molecule has 0 spiro atoms. The van der Waals surface area contributed by atoms with Gasteiger partial charge >= 0.3 is 0 Å². The van der Waals surface area contributed by atoms with E-state index >= 15 is 0 Å². The Labute approximate surface area is 200 Å². The van der Waals surface area contributed by atoms with Crippen LogP contribution in [0.1, 0.15) is 11.8 Å². The number of hydrogen-bond acceptors (Lipinski definition) is 8. The number of nitrogens with one attached hydrogen (secondary N) is 3. The Hall–Kier alpha value is -4.28. The van der Waals surface area contributed by atoms with Crippen molar-refractivity contribution in [2.24, 2.45) is 0 Å². The van der Waals surface area contributed by atoms with Crippen LogP contribution in [0.2, 0.25) is 0 Å². The third-order valence-corrected chi connectivity index (χ3v) is 5.47. The largest absolute Gasteiger partial charge is 0.369 e. The highest BCUT2D eigenvalue weighted by molar-refractivity contribution is 6.00. The van der Waals surface area contributed by atoms with Gasteiger partial charge in [-0.15, -0.1) is 0 Å². The van der Waals surface area contributed by atoms with Gasteiger partial charge < -0.3 is 20.7 Å². The lowest BCUT2D eigenvalue weighted by Gasteiger charge is -2.23. The van der Waals surface area contributed by atoms with Crippen LogP contribution >= 0.6 is 0 Å². The third kappa shape index (κ3) is 4.98. The van der Waals surface area contributed by atoms with Gasteiger partial charge in [-0.05, 0) is 42.5 Å². The van der Waals surface area contributed by atoms with Crippen LogP contribution in [0.5, 0.6) is 0 Å². The van der Waals surface area contributed by atoms with Crippen LogP contribution in [-0.2, 0) is 9.53 Å². The van der Waals surface area contributed by atoms with Crippen molar-refractivity contribution in [3.63, 3.8) is 0 Å². The summed E-state index contributed by atoms with van der Waals surface area (Å²) in [5.74, 6) is -0.583. The van der Waals surface area contributed by atoms with E-state index in [1.807, 2.05) is 12.1 Å². The zero-order chi connectivity index (χ0) is 24.2. The second kappa shape index (κ2) is 9.92. The van der Waals surface area contributed by atoms with Crippen LogP contribution in [0.4, 0.5) is 21.7 Å². The first kappa shape index (κ1) is 22.5. The van der Waals surface area contributed by atoms with Gasteiger partial charge in [-0.1, -0.05) is 6.58 Å². The SMILES string of the molecule is C=CC(=O)Nc1ccnc(-c2c(F)ccc3cnc(Nc4ccc(C5CNCCO5)nc4)nc23)c1. The Morgan fingerprint density at radius 1 is 1.14 bits per heavy atom. The molecule has 3 aromatic heterocycles. The maximum atomic E-state index is 15.0. The molecule has 9 nitrogen and oxygen atoms in total. The van der Waals surface area contributed by atoms with E-state index in [0.29, 0.717) is 41.1 Å². The second-order valence-electron chi connectivity index (χ2n) is 7.84. The highest BCUT2D eigenvalue weighted by Gasteiger charge is 2.17. The molecule has 1 aliphatic rings. The van der Waals surface area contributed by atoms with Crippen LogP contribution in [-0.4, -0.2) is 45.5 Å². The quantitative estimate of drug-likeness (QED) is 0.364. The molecule has 0 aliphatic carbocycles. The van der Waals surface area contributed by atoms with E-state index in [9.17, 15) is 9.18 Å². The summed E-state index contributed by atoms with van der Waals surface area (Å²) in [7, 11) is 0. The molecule has 4 heterocycles. The van der Waals surface area contributed by atoms with E-state index in [-0.39, 0.29) is 23.5 Å². The average Bonchev–Trinajstić information content (AvgIpc) is 2.89. The average molecular weight is 471 g/mol. The molecule has 176 valence electrons. The van der Waals surface area contributed by atoms with Gasteiger partial charge in [0, 0.05) is 36.6 Å². The number of nitrogens with zero attached hydrogens (tertiary/aromatic N) is 4. The van der Waals surface area contributed by atoms with Crippen molar-refractivity contribution in [2.45, 2.75) is 6.10 Å². The monoisotopic (exact) mass is 471 g/mol. The van der Waals surface area contributed by atoms with E-state index in [2.05, 4.69) is 42.5 Å². The van der Waals surface area contributed by atoms with Crippen molar-refractivity contribution in [2.75, 3.05) is 30.3 Å². The Morgan fingerprint density at radius 2 is 2.06 bits per heavy atom. The summed E-state index contributed by atoms with van der Waals surface area (Å²) in [6.45, 7) is 5.64. The molecule has 1 fully saturated rings.